The van der Waals surface area contributed by atoms with E-state index in [0.717, 1.165) is 5.56 Å². The Bertz CT molecular complexity index is 1370. The molecule has 0 aliphatic heterocycles. The van der Waals surface area contributed by atoms with Gasteiger partial charge in [-0.3, -0.25) is 19.2 Å². The van der Waals surface area contributed by atoms with Crippen LogP contribution in [0, 0.1) is 5.92 Å². The fourth-order valence-electron chi connectivity index (χ4n) is 5.09. The van der Waals surface area contributed by atoms with E-state index in [1.165, 1.54) is 41.2 Å². The van der Waals surface area contributed by atoms with Gasteiger partial charge >= 0.3 is 5.97 Å². The molecule has 11 nitrogen and oxygen atoms in total. The molecule has 41 heavy (non-hydrogen) atoms. The van der Waals surface area contributed by atoms with Gasteiger partial charge in [-0.05, 0) is 67.0 Å². The number of benzene rings is 1. The van der Waals surface area contributed by atoms with E-state index >= 15 is 0 Å². The van der Waals surface area contributed by atoms with E-state index in [-0.39, 0.29) is 17.5 Å². The third-order valence-corrected chi connectivity index (χ3v) is 7.00. The van der Waals surface area contributed by atoms with Gasteiger partial charge in [0.25, 0.3) is 0 Å². The summed E-state index contributed by atoms with van der Waals surface area (Å²) in [6.07, 6.45) is 1.43. The standard InChI is InChI=1S/C30H39N3O8/c1-15(2)12-23(29(36)31-16(3)30(37)38)33-22-11-9-19-20(14-24(22)35)21(32-17(4)34)10-8-18-13-25(39-5)27(40-6)28(41-7)26(18)19/h9,11,13-16,21,23H,8,10,12H2,1-7H3,(H,31,36)(H,32,34)(H,33,35)(H,37,38). The Kier molecular flexibility index (Phi) is 10.2. The highest BCUT2D eigenvalue weighted by Crippen LogP contribution is 2.50. The second-order valence-electron chi connectivity index (χ2n) is 10.5. The van der Waals surface area contributed by atoms with E-state index in [1.807, 2.05) is 19.9 Å². The van der Waals surface area contributed by atoms with Crippen molar-refractivity contribution in [2.24, 2.45) is 5.92 Å². The summed E-state index contributed by atoms with van der Waals surface area (Å²) in [5.41, 5.74) is 2.61. The molecule has 222 valence electrons. The molecule has 0 radical (unpaired) electrons. The summed E-state index contributed by atoms with van der Waals surface area (Å²) in [4.78, 5) is 50.1. The molecule has 1 aliphatic carbocycles. The number of hydrogen-bond donors (Lipinski definition) is 4. The summed E-state index contributed by atoms with van der Waals surface area (Å²) < 4.78 is 17.0. The first kappa shape index (κ1) is 31.3. The molecule has 0 heterocycles. The van der Waals surface area contributed by atoms with Crippen molar-refractivity contribution in [1.82, 2.24) is 10.6 Å². The molecule has 0 aromatic heterocycles. The zero-order valence-corrected chi connectivity index (χ0v) is 24.5. The van der Waals surface area contributed by atoms with Crippen molar-refractivity contribution in [2.45, 2.75) is 65.1 Å². The topological polar surface area (TPSA) is 152 Å². The Hall–Kier alpha value is -4.28. The maximum Gasteiger partial charge on any atom is 0.325 e. The molecular formula is C30H39N3O8. The quantitative estimate of drug-likeness (QED) is 0.319. The van der Waals surface area contributed by atoms with Crippen molar-refractivity contribution in [3.63, 3.8) is 0 Å². The average molecular weight is 570 g/mol. The van der Waals surface area contributed by atoms with Gasteiger partial charge in [0, 0.05) is 12.5 Å². The second-order valence-corrected chi connectivity index (χ2v) is 10.5. The minimum absolute atomic E-state index is 0.0744. The number of rotatable bonds is 11. The molecule has 0 saturated heterocycles. The number of anilines is 1. The molecule has 0 spiro atoms. The zero-order chi connectivity index (χ0) is 30.4. The number of hydrogen-bond acceptors (Lipinski definition) is 8. The second kappa shape index (κ2) is 13.4. The number of fused-ring (bicyclic) bond motifs is 3. The molecule has 2 aromatic carbocycles. The predicted octanol–water partition coefficient (Wildman–Crippen LogP) is 3.28. The molecule has 0 fully saturated rings. The van der Waals surface area contributed by atoms with E-state index in [9.17, 15) is 24.3 Å². The van der Waals surface area contributed by atoms with Gasteiger partial charge in [0.1, 0.15) is 12.1 Å². The summed E-state index contributed by atoms with van der Waals surface area (Å²) in [6, 6.07) is 4.26. The van der Waals surface area contributed by atoms with Crippen LogP contribution < -0.4 is 35.6 Å². The number of carboxylic acids is 1. The summed E-state index contributed by atoms with van der Waals surface area (Å²) in [6.45, 7) is 6.65. The Morgan fingerprint density at radius 1 is 1.02 bits per heavy atom. The van der Waals surface area contributed by atoms with E-state index in [0.29, 0.717) is 53.2 Å². The van der Waals surface area contributed by atoms with Gasteiger partial charge in [0.05, 0.1) is 33.1 Å². The maximum atomic E-state index is 13.6. The van der Waals surface area contributed by atoms with Crippen LogP contribution in [0.5, 0.6) is 17.2 Å². The Morgan fingerprint density at radius 2 is 1.71 bits per heavy atom. The van der Waals surface area contributed by atoms with Crippen LogP contribution in [0.3, 0.4) is 0 Å². The lowest BCUT2D eigenvalue weighted by Crippen LogP contribution is -2.47. The molecule has 0 saturated carbocycles. The van der Waals surface area contributed by atoms with Crippen LogP contribution in [0.25, 0.3) is 11.1 Å². The van der Waals surface area contributed by atoms with E-state index in [2.05, 4.69) is 16.0 Å². The molecule has 3 unspecified atom stereocenters. The van der Waals surface area contributed by atoms with Crippen molar-refractivity contribution in [1.29, 1.82) is 0 Å². The summed E-state index contributed by atoms with van der Waals surface area (Å²) >= 11 is 0. The molecule has 3 atom stereocenters. The van der Waals surface area contributed by atoms with Gasteiger partial charge in [-0.25, -0.2) is 0 Å². The lowest BCUT2D eigenvalue weighted by Gasteiger charge is -2.22. The third-order valence-electron chi connectivity index (χ3n) is 7.00. The fourth-order valence-corrected chi connectivity index (χ4v) is 5.09. The van der Waals surface area contributed by atoms with Crippen LogP contribution in [0.1, 0.15) is 57.7 Å². The highest BCUT2D eigenvalue weighted by atomic mass is 16.5. The molecule has 2 aromatic rings. The van der Waals surface area contributed by atoms with Gasteiger partial charge in [0.2, 0.25) is 23.0 Å². The number of methoxy groups -OCH3 is 3. The van der Waals surface area contributed by atoms with Gasteiger partial charge in [0.15, 0.2) is 11.5 Å². The normalized spacial score (nSPS) is 15.4. The van der Waals surface area contributed by atoms with Crippen molar-refractivity contribution >= 4 is 23.5 Å². The van der Waals surface area contributed by atoms with Gasteiger partial charge in [-0.2, -0.15) is 0 Å². The Labute approximate surface area is 239 Å². The first-order chi connectivity index (χ1) is 19.4. The van der Waals surface area contributed by atoms with Crippen molar-refractivity contribution in [2.75, 3.05) is 26.6 Å². The number of nitrogens with one attached hydrogen (secondary N) is 3. The SMILES string of the molecule is COc1cc2c(c(OC)c1OC)-c1ccc(NC(CC(C)C)C(=O)NC(C)C(=O)O)c(=O)cc1C(NC(C)=O)CC2. The monoisotopic (exact) mass is 569 g/mol. The van der Waals surface area contributed by atoms with Crippen LogP contribution in [-0.2, 0) is 20.8 Å². The number of ether oxygens (including phenoxy) is 3. The summed E-state index contributed by atoms with van der Waals surface area (Å²) in [7, 11) is 4.57. The summed E-state index contributed by atoms with van der Waals surface area (Å²) in [5, 5.41) is 17.7. The maximum absolute atomic E-state index is 13.6. The number of carbonyl (C=O) groups excluding carboxylic acids is 2. The molecule has 2 amide bonds. The van der Waals surface area contributed by atoms with Crippen molar-refractivity contribution in [3.8, 4) is 28.4 Å². The van der Waals surface area contributed by atoms with Crippen LogP contribution >= 0.6 is 0 Å². The van der Waals surface area contributed by atoms with Crippen LogP contribution in [-0.4, -0.2) is 56.3 Å². The molecule has 1 aliphatic rings. The van der Waals surface area contributed by atoms with Crippen LogP contribution in [0.15, 0.2) is 29.1 Å². The Morgan fingerprint density at radius 3 is 2.27 bits per heavy atom. The minimum atomic E-state index is -1.16. The molecular weight excluding hydrogens is 530 g/mol. The van der Waals surface area contributed by atoms with E-state index < -0.39 is 35.4 Å². The highest BCUT2D eigenvalue weighted by molar-refractivity contribution is 5.89. The molecule has 3 rings (SSSR count). The molecule has 11 heteroatoms. The third kappa shape index (κ3) is 7.08. The number of carbonyl (C=O) groups is 3. The first-order valence-electron chi connectivity index (χ1n) is 13.5. The van der Waals surface area contributed by atoms with Crippen LogP contribution in [0.4, 0.5) is 5.69 Å². The number of aliphatic carboxylic acids is 1. The van der Waals surface area contributed by atoms with E-state index in [1.54, 1.807) is 12.1 Å². The first-order valence-corrected chi connectivity index (χ1v) is 13.5. The zero-order valence-electron chi connectivity index (χ0n) is 24.5. The van der Waals surface area contributed by atoms with Crippen molar-refractivity contribution < 1.29 is 33.7 Å². The van der Waals surface area contributed by atoms with E-state index in [4.69, 9.17) is 14.2 Å². The highest BCUT2D eigenvalue weighted by Gasteiger charge is 2.30. The summed E-state index contributed by atoms with van der Waals surface area (Å²) in [5.74, 6) is -0.540. The van der Waals surface area contributed by atoms with Crippen LogP contribution in [0.2, 0.25) is 0 Å². The van der Waals surface area contributed by atoms with Gasteiger partial charge in [-0.15, -0.1) is 0 Å². The molecule has 0 bridgehead atoms. The van der Waals surface area contributed by atoms with Crippen molar-refractivity contribution in [3.05, 3.63) is 45.6 Å². The predicted molar refractivity (Wildman–Crippen MR) is 155 cm³/mol. The Balaban J connectivity index is 2.23. The number of amides is 2. The number of aryl methyl sites for hydroxylation is 1. The smallest absolute Gasteiger partial charge is 0.325 e. The average Bonchev–Trinajstić information content (AvgIpc) is 3.15. The lowest BCUT2D eigenvalue weighted by molar-refractivity contribution is -0.141. The fraction of sp³-hybridized carbons (Fsp3) is 0.467. The number of carboxylic acid groups (broad SMARTS) is 1. The van der Waals surface area contributed by atoms with Gasteiger partial charge in [-0.1, -0.05) is 19.9 Å². The largest absolute Gasteiger partial charge is 0.493 e. The lowest BCUT2D eigenvalue weighted by atomic mass is 9.95. The minimum Gasteiger partial charge on any atom is -0.493 e. The van der Waals surface area contributed by atoms with Gasteiger partial charge < -0.3 is 35.3 Å². The molecule has 4 N–H and O–H groups in total.